The summed E-state index contributed by atoms with van der Waals surface area (Å²) in [6.45, 7) is 4.23. The fraction of sp³-hybridized carbons (Fsp3) is 0.617. The summed E-state index contributed by atoms with van der Waals surface area (Å²) >= 11 is 0. The number of hydrogen-bond acceptors (Lipinski definition) is 10. The number of hydrogen-bond donors (Lipinski definition) is 2. The van der Waals surface area contributed by atoms with Gasteiger partial charge in [0.1, 0.15) is 12.7 Å². The molecule has 3 atom stereocenters. The largest absolute Gasteiger partial charge is 0.472 e. The predicted molar refractivity (Wildman–Crippen MR) is 297 cm³/mol. The number of esters is 3. The zero-order valence-corrected chi connectivity index (χ0v) is 45.7. The van der Waals surface area contributed by atoms with E-state index < -0.39 is 57.8 Å². The summed E-state index contributed by atoms with van der Waals surface area (Å²) in [5.74, 6) is -1.61. The van der Waals surface area contributed by atoms with Crippen LogP contribution in [0, 0.1) is 0 Å². The van der Waals surface area contributed by atoms with Crippen molar-refractivity contribution in [3.05, 3.63) is 122 Å². The smallest absolute Gasteiger partial charge is 0.462 e. The summed E-state index contributed by atoms with van der Waals surface area (Å²) < 4.78 is 39.3. The van der Waals surface area contributed by atoms with Crippen LogP contribution in [0.15, 0.2) is 122 Å². The highest BCUT2D eigenvalue weighted by Gasteiger charge is 2.28. The van der Waals surface area contributed by atoms with Crippen molar-refractivity contribution in [2.24, 2.45) is 0 Å². The highest BCUT2D eigenvalue weighted by Crippen LogP contribution is 2.43. The third kappa shape index (κ3) is 50.8. The highest BCUT2D eigenvalue weighted by molar-refractivity contribution is 7.47. The molecule has 0 spiro atoms. The minimum Gasteiger partial charge on any atom is -0.462 e. The van der Waals surface area contributed by atoms with Crippen molar-refractivity contribution < 1.29 is 52.2 Å². The molecule has 0 amide bonds. The number of aliphatic hydroxyl groups is 1. The molecule has 2 N–H and O–H groups in total. The fourth-order valence-corrected chi connectivity index (χ4v) is 7.51. The van der Waals surface area contributed by atoms with Gasteiger partial charge in [-0.15, -0.1) is 0 Å². The number of rotatable bonds is 49. The zero-order chi connectivity index (χ0) is 52.7. The molecule has 12 heteroatoms. The van der Waals surface area contributed by atoms with Gasteiger partial charge in [-0.3, -0.25) is 23.4 Å². The molecule has 0 aliphatic carbocycles. The number of carbonyl (C=O) groups excluding carboxylic acids is 3. The van der Waals surface area contributed by atoms with Crippen molar-refractivity contribution in [2.75, 3.05) is 26.4 Å². The lowest BCUT2D eigenvalue weighted by Crippen LogP contribution is -2.30. The minimum atomic E-state index is -4.78. The Hall–Kier alpha value is -4.12. The second-order valence-electron chi connectivity index (χ2n) is 17.6. The normalized spacial score (nSPS) is 14.3. The van der Waals surface area contributed by atoms with E-state index in [2.05, 4.69) is 130 Å². The van der Waals surface area contributed by atoms with Crippen LogP contribution in [-0.4, -0.2) is 66.5 Å². The molecular formula is C60H97O11P. The first-order valence-corrected chi connectivity index (χ1v) is 28.9. The van der Waals surface area contributed by atoms with E-state index in [1.54, 1.807) is 0 Å². The molecular weight excluding hydrogens is 928 g/mol. The molecule has 72 heavy (non-hydrogen) atoms. The van der Waals surface area contributed by atoms with E-state index in [4.69, 9.17) is 23.3 Å². The van der Waals surface area contributed by atoms with Crippen LogP contribution in [-0.2, 0) is 42.2 Å². The molecule has 0 aliphatic heterocycles. The van der Waals surface area contributed by atoms with Crippen molar-refractivity contribution in [3.8, 4) is 0 Å². The zero-order valence-electron chi connectivity index (χ0n) is 44.8. The van der Waals surface area contributed by atoms with E-state index in [0.717, 1.165) is 122 Å². The topological polar surface area (TPSA) is 155 Å². The molecule has 3 unspecified atom stereocenters. The van der Waals surface area contributed by atoms with E-state index in [1.165, 1.54) is 12.8 Å². The van der Waals surface area contributed by atoms with Crippen molar-refractivity contribution >= 4 is 25.7 Å². The summed E-state index contributed by atoms with van der Waals surface area (Å²) in [6, 6.07) is 0. The van der Waals surface area contributed by atoms with Crippen molar-refractivity contribution in [1.82, 2.24) is 0 Å². The lowest BCUT2D eigenvalue weighted by atomic mass is 10.1. The molecule has 0 aromatic carbocycles. The van der Waals surface area contributed by atoms with Gasteiger partial charge in [0.15, 0.2) is 6.10 Å². The lowest BCUT2D eigenvalue weighted by Gasteiger charge is -2.21. The third-order valence-corrected chi connectivity index (χ3v) is 11.8. The standard InChI is InChI=1S/C60H97O11P/c1-4-7-10-13-16-19-22-24-26-27-28-29-31-33-36-39-42-45-48-51-60(64)71-57(53-67-58(62)49-46-43-40-37-35-32-30-25-23-20-17-14-11-8-5-2)55-69-72(65,66)68-54-56(52-61)70-59(63)50-47-44-41-38-34-21-18-15-12-9-6-3/h7-8,10-11,15-20,24-26,28-30,33,36,42,45,56-57,61H,4-6,9,12-14,21-23,27,31-32,34-35,37-41,43-44,46-55H2,1-3H3,(H,65,66)/b10-7-,11-8-,18-15-,19-16-,20-17-,26-24-,29-28-,30-25-,36-33-,45-42-. The average Bonchev–Trinajstić information content (AvgIpc) is 3.37. The Morgan fingerprint density at radius 1 is 0.403 bits per heavy atom. The van der Waals surface area contributed by atoms with Crippen LogP contribution in [0.2, 0.25) is 0 Å². The van der Waals surface area contributed by atoms with Crippen LogP contribution in [0.4, 0.5) is 0 Å². The number of phosphoric acid groups is 1. The van der Waals surface area contributed by atoms with Crippen LogP contribution >= 0.6 is 7.82 Å². The molecule has 408 valence electrons. The number of ether oxygens (including phenoxy) is 3. The van der Waals surface area contributed by atoms with Gasteiger partial charge in [0.05, 0.1) is 19.8 Å². The molecule has 0 aliphatic rings. The van der Waals surface area contributed by atoms with Gasteiger partial charge in [-0.2, -0.15) is 0 Å². The molecule has 0 heterocycles. The minimum absolute atomic E-state index is 0.0318. The maximum Gasteiger partial charge on any atom is 0.472 e. The van der Waals surface area contributed by atoms with Gasteiger partial charge >= 0.3 is 25.7 Å². The van der Waals surface area contributed by atoms with E-state index in [0.29, 0.717) is 25.7 Å². The van der Waals surface area contributed by atoms with Crippen LogP contribution in [0.1, 0.15) is 201 Å². The van der Waals surface area contributed by atoms with Gasteiger partial charge < -0.3 is 24.2 Å². The Morgan fingerprint density at radius 2 is 0.750 bits per heavy atom. The van der Waals surface area contributed by atoms with E-state index >= 15 is 0 Å². The molecule has 0 saturated carbocycles. The number of aliphatic hydroxyl groups excluding tert-OH is 1. The van der Waals surface area contributed by atoms with E-state index in [9.17, 15) is 28.9 Å². The van der Waals surface area contributed by atoms with Crippen LogP contribution in [0.5, 0.6) is 0 Å². The monoisotopic (exact) mass is 1020 g/mol. The second kappa shape index (κ2) is 53.2. The molecule has 0 radical (unpaired) electrons. The van der Waals surface area contributed by atoms with Crippen molar-refractivity contribution in [1.29, 1.82) is 0 Å². The molecule has 0 saturated heterocycles. The Morgan fingerprint density at radius 3 is 1.21 bits per heavy atom. The number of phosphoric ester groups is 1. The summed E-state index contributed by atoms with van der Waals surface area (Å²) in [5, 5.41) is 9.78. The first-order valence-electron chi connectivity index (χ1n) is 27.4. The Bertz CT molecular complexity index is 1670. The summed E-state index contributed by atoms with van der Waals surface area (Å²) in [6.07, 6.45) is 64.7. The fourth-order valence-electron chi connectivity index (χ4n) is 6.73. The Balaban J connectivity index is 4.91. The molecule has 0 rings (SSSR count). The molecule has 0 aromatic heterocycles. The maximum absolute atomic E-state index is 12.9. The summed E-state index contributed by atoms with van der Waals surface area (Å²) in [5.41, 5.74) is 0. The first-order chi connectivity index (χ1) is 35.2. The van der Waals surface area contributed by atoms with Crippen LogP contribution in [0.3, 0.4) is 0 Å². The van der Waals surface area contributed by atoms with E-state index in [-0.39, 0.29) is 25.9 Å². The van der Waals surface area contributed by atoms with Gasteiger partial charge in [-0.05, 0) is 109 Å². The lowest BCUT2D eigenvalue weighted by molar-refractivity contribution is -0.161. The van der Waals surface area contributed by atoms with Crippen LogP contribution < -0.4 is 0 Å². The van der Waals surface area contributed by atoms with Gasteiger partial charge in [-0.1, -0.05) is 194 Å². The highest BCUT2D eigenvalue weighted by atomic mass is 31.2. The summed E-state index contributed by atoms with van der Waals surface area (Å²) in [4.78, 5) is 48.4. The number of carbonyl (C=O) groups is 3. The number of unbranched alkanes of at least 4 members (excludes halogenated alkanes) is 12. The molecule has 0 bridgehead atoms. The van der Waals surface area contributed by atoms with Gasteiger partial charge in [-0.25, -0.2) is 4.57 Å². The summed E-state index contributed by atoms with van der Waals surface area (Å²) in [7, 11) is -4.78. The van der Waals surface area contributed by atoms with Gasteiger partial charge in [0, 0.05) is 19.3 Å². The number of allylic oxidation sites excluding steroid dienone is 20. The Kier molecular flexibility index (Phi) is 50.1. The van der Waals surface area contributed by atoms with Crippen molar-refractivity contribution in [3.63, 3.8) is 0 Å². The molecule has 0 fully saturated rings. The van der Waals surface area contributed by atoms with Gasteiger partial charge in [0.2, 0.25) is 0 Å². The third-order valence-electron chi connectivity index (χ3n) is 10.9. The van der Waals surface area contributed by atoms with Crippen molar-refractivity contribution in [2.45, 2.75) is 213 Å². The second-order valence-corrected chi connectivity index (χ2v) is 19.1. The maximum atomic E-state index is 12.9. The molecule has 0 aromatic rings. The Labute approximate surface area is 437 Å². The predicted octanol–water partition coefficient (Wildman–Crippen LogP) is 16.0. The molecule has 11 nitrogen and oxygen atoms in total. The van der Waals surface area contributed by atoms with Gasteiger partial charge in [0.25, 0.3) is 0 Å². The SMILES string of the molecule is CC/C=C\C/C=C\C/C=C\C/C=C\C/C=C\C/C=C\CCC(=O)OC(COC(=O)CCCCCCC/C=C\C/C=C\C/C=C\CC)COP(=O)(O)OCC(CO)OC(=O)CCCCCCC/C=C\CCCC. The first kappa shape index (κ1) is 67.9. The van der Waals surface area contributed by atoms with E-state index in [1.807, 2.05) is 12.2 Å². The quantitative estimate of drug-likeness (QED) is 0.0197. The average molecular weight is 1030 g/mol. The van der Waals surface area contributed by atoms with Crippen LogP contribution in [0.25, 0.3) is 0 Å².